The Morgan fingerprint density at radius 2 is 2.11 bits per heavy atom. The van der Waals surface area contributed by atoms with Crippen molar-refractivity contribution in [1.29, 1.82) is 0 Å². The van der Waals surface area contributed by atoms with Crippen LogP contribution in [0.5, 0.6) is 11.5 Å². The SMILES string of the molecule is CC(=O)OCc1cc(C=O)c(O)c(OC(C)C)c1. The number of carbonyl (C=O) groups excluding carboxylic acids is 2. The quantitative estimate of drug-likeness (QED) is 0.641. The van der Waals surface area contributed by atoms with E-state index in [4.69, 9.17) is 9.47 Å². The first-order valence-electron chi connectivity index (χ1n) is 5.55. The smallest absolute Gasteiger partial charge is 0.302 e. The van der Waals surface area contributed by atoms with Crippen LogP contribution in [0.3, 0.4) is 0 Å². The number of esters is 1. The summed E-state index contributed by atoms with van der Waals surface area (Å²) in [6.07, 6.45) is 0.388. The lowest BCUT2D eigenvalue weighted by Crippen LogP contribution is -2.07. The van der Waals surface area contributed by atoms with E-state index in [1.54, 1.807) is 19.9 Å². The highest BCUT2D eigenvalue weighted by molar-refractivity contribution is 5.81. The van der Waals surface area contributed by atoms with Crippen LogP contribution in [-0.4, -0.2) is 23.5 Å². The molecule has 0 heterocycles. The summed E-state index contributed by atoms with van der Waals surface area (Å²) in [6.45, 7) is 4.94. The van der Waals surface area contributed by atoms with E-state index in [2.05, 4.69) is 0 Å². The molecule has 0 aliphatic carbocycles. The number of rotatable bonds is 5. The normalized spacial score (nSPS) is 10.2. The van der Waals surface area contributed by atoms with Crippen molar-refractivity contribution < 1.29 is 24.2 Å². The second-order valence-electron chi connectivity index (χ2n) is 4.10. The van der Waals surface area contributed by atoms with Gasteiger partial charge in [-0.15, -0.1) is 0 Å². The average molecular weight is 252 g/mol. The molecule has 0 aromatic heterocycles. The predicted molar refractivity (Wildman–Crippen MR) is 64.7 cm³/mol. The Morgan fingerprint density at radius 1 is 1.44 bits per heavy atom. The van der Waals surface area contributed by atoms with E-state index < -0.39 is 5.97 Å². The highest BCUT2D eigenvalue weighted by Gasteiger charge is 2.12. The highest BCUT2D eigenvalue weighted by atomic mass is 16.5. The lowest BCUT2D eigenvalue weighted by Gasteiger charge is -2.14. The lowest BCUT2D eigenvalue weighted by molar-refractivity contribution is -0.142. The molecule has 0 bridgehead atoms. The maximum atomic E-state index is 10.8. The standard InChI is InChI=1S/C13H16O5/c1-8(2)18-12-5-10(7-17-9(3)15)4-11(6-14)13(12)16/h4-6,8,16H,7H2,1-3H3. The fourth-order valence-corrected chi connectivity index (χ4v) is 1.39. The van der Waals surface area contributed by atoms with Crippen LogP contribution >= 0.6 is 0 Å². The molecule has 1 N–H and O–H groups in total. The molecule has 18 heavy (non-hydrogen) atoms. The van der Waals surface area contributed by atoms with E-state index in [1.807, 2.05) is 0 Å². The van der Waals surface area contributed by atoms with Gasteiger partial charge in [-0.3, -0.25) is 9.59 Å². The van der Waals surface area contributed by atoms with Gasteiger partial charge in [-0.25, -0.2) is 0 Å². The Kier molecular flexibility index (Phi) is 4.71. The van der Waals surface area contributed by atoms with Crippen molar-refractivity contribution in [2.24, 2.45) is 0 Å². The minimum Gasteiger partial charge on any atom is -0.504 e. The summed E-state index contributed by atoms with van der Waals surface area (Å²) < 4.78 is 10.2. The first-order valence-corrected chi connectivity index (χ1v) is 5.55. The third kappa shape index (κ3) is 3.76. The molecule has 0 atom stereocenters. The zero-order valence-electron chi connectivity index (χ0n) is 10.6. The molecule has 0 saturated carbocycles. The van der Waals surface area contributed by atoms with Crippen LogP contribution < -0.4 is 4.74 Å². The summed E-state index contributed by atoms with van der Waals surface area (Å²) in [6, 6.07) is 3.00. The summed E-state index contributed by atoms with van der Waals surface area (Å²) in [5.74, 6) is -0.413. The molecule has 0 fully saturated rings. The van der Waals surface area contributed by atoms with E-state index in [-0.39, 0.29) is 29.8 Å². The van der Waals surface area contributed by atoms with Gasteiger partial charge in [0, 0.05) is 6.92 Å². The van der Waals surface area contributed by atoms with Crippen molar-refractivity contribution in [3.8, 4) is 11.5 Å². The van der Waals surface area contributed by atoms with Gasteiger partial charge in [0.1, 0.15) is 6.61 Å². The van der Waals surface area contributed by atoms with Gasteiger partial charge in [0.2, 0.25) is 0 Å². The Bertz CT molecular complexity index is 451. The Labute approximate surface area is 105 Å². The van der Waals surface area contributed by atoms with Gasteiger partial charge >= 0.3 is 5.97 Å². The monoisotopic (exact) mass is 252 g/mol. The van der Waals surface area contributed by atoms with Crippen molar-refractivity contribution in [3.05, 3.63) is 23.3 Å². The second kappa shape index (κ2) is 6.05. The molecule has 0 aliphatic heterocycles. The molecule has 0 aliphatic rings. The summed E-state index contributed by atoms with van der Waals surface area (Å²) in [5.41, 5.74) is 0.691. The maximum Gasteiger partial charge on any atom is 0.302 e. The van der Waals surface area contributed by atoms with Gasteiger partial charge in [0.15, 0.2) is 17.8 Å². The van der Waals surface area contributed by atoms with Gasteiger partial charge in [-0.2, -0.15) is 0 Å². The molecule has 0 unspecified atom stereocenters. The summed E-state index contributed by atoms with van der Waals surface area (Å²) in [5, 5.41) is 9.78. The first kappa shape index (κ1) is 14.0. The van der Waals surface area contributed by atoms with Crippen LogP contribution in [-0.2, 0) is 16.1 Å². The molecule has 98 valence electrons. The van der Waals surface area contributed by atoms with Crippen LogP contribution in [0.2, 0.25) is 0 Å². The fraction of sp³-hybridized carbons (Fsp3) is 0.385. The topological polar surface area (TPSA) is 72.8 Å². The summed E-state index contributed by atoms with van der Waals surface area (Å²) >= 11 is 0. The second-order valence-corrected chi connectivity index (χ2v) is 4.10. The molecule has 0 spiro atoms. The van der Waals surface area contributed by atoms with Crippen LogP contribution in [0.1, 0.15) is 36.7 Å². The number of ether oxygens (including phenoxy) is 2. The predicted octanol–water partition coefficient (Wildman–Crippen LogP) is 2.05. The minimum atomic E-state index is -0.415. The van der Waals surface area contributed by atoms with E-state index in [9.17, 15) is 14.7 Å². The van der Waals surface area contributed by atoms with Crippen LogP contribution in [0.25, 0.3) is 0 Å². The molecule has 0 amide bonds. The number of aldehydes is 1. The Balaban J connectivity index is 3.05. The van der Waals surface area contributed by atoms with Gasteiger partial charge in [0.05, 0.1) is 11.7 Å². The Morgan fingerprint density at radius 3 is 2.61 bits per heavy atom. The Hall–Kier alpha value is -2.04. The van der Waals surface area contributed by atoms with Gasteiger partial charge in [-0.05, 0) is 31.5 Å². The molecular weight excluding hydrogens is 236 g/mol. The molecule has 1 rings (SSSR count). The van der Waals surface area contributed by atoms with E-state index in [1.165, 1.54) is 13.0 Å². The number of carbonyl (C=O) groups is 2. The minimum absolute atomic E-state index is 0.0326. The van der Waals surface area contributed by atoms with E-state index in [0.29, 0.717) is 11.8 Å². The number of phenolic OH excluding ortho intramolecular Hbond substituents is 1. The zero-order valence-corrected chi connectivity index (χ0v) is 10.6. The molecule has 1 aromatic rings. The van der Waals surface area contributed by atoms with Crippen LogP contribution in [0, 0.1) is 0 Å². The fourth-order valence-electron chi connectivity index (χ4n) is 1.39. The number of benzene rings is 1. The molecule has 0 saturated heterocycles. The maximum absolute atomic E-state index is 10.8. The zero-order chi connectivity index (χ0) is 13.7. The summed E-state index contributed by atoms with van der Waals surface area (Å²) in [4.78, 5) is 21.6. The average Bonchev–Trinajstić information content (AvgIpc) is 2.29. The van der Waals surface area contributed by atoms with Crippen molar-refractivity contribution in [2.75, 3.05) is 0 Å². The van der Waals surface area contributed by atoms with Gasteiger partial charge < -0.3 is 14.6 Å². The third-order valence-corrected chi connectivity index (χ3v) is 2.10. The van der Waals surface area contributed by atoms with Gasteiger partial charge in [0.25, 0.3) is 0 Å². The lowest BCUT2D eigenvalue weighted by atomic mass is 10.1. The number of hydrogen-bond donors (Lipinski definition) is 1. The molecular formula is C13H16O5. The van der Waals surface area contributed by atoms with Crippen molar-refractivity contribution in [1.82, 2.24) is 0 Å². The molecule has 5 heteroatoms. The van der Waals surface area contributed by atoms with Crippen LogP contribution in [0.4, 0.5) is 0 Å². The molecule has 5 nitrogen and oxygen atoms in total. The van der Waals surface area contributed by atoms with E-state index >= 15 is 0 Å². The van der Waals surface area contributed by atoms with E-state index in [0.717, 1.165) is 0 Å². The van der Waals surface area contributed by atoms with Crippen molar-refractivity contribution in [2.45, 2.75) is 33.5 Å². The highest BCUT2D eigenvalue weighted by Crippen LogP contribution is 2.31. The molecule has 0 radical (unpaired) electrons. The van der Waals surface area contributed by atoms with Crippen molar-refractivity contribution in [3.63, 3.8) is 0 Å². The number of hydrogen-bond acceptors (Lipinski definition) is 5. The number of phenols is 1. The van der Waals surface area contributed by atoms with Gasteiger partial charge in [-0.1, -0.05) is 0 Å². The van der Waals surface area contributed by atoms with Crippen molar-refractivity contribution >= 4 is 12.3 Å². The first-order chi connectivity index (χ1) is 8.43. The number of aromatic hydroxyl groups is 1. The van der Waals surface area contributed by atoms with Crippen LogP contribution in [0.15, 0.2) is 12.1 Å². The largest absolute Gasteiger partial charge is 0.504 e. The summed E-state index contributed by atoms with van der Waals surface area (Å²) in [7, 11) is 0. The molecule has 1 aromatic carbocycles. The third-order valence-electron chi connectivity index (χ3n) is 2.10.